The van der Waals surface area contributed by atoms with Gasteiger partial charge in [-0.3, -0.25) is 4.79 Å². The molecule has 1 N–H and O–H groups in total. The number of halogens is 1. The maximum Gasteiger partial charge on any atom is 0.305 e. The lowest BCUT2D eigenvalue weighted by Gasteiger charge is -2.08. The number of methoxy groups -OCH3 is 2. The van der Waals surface area contributed by atoms with Crippen molar-refractivity contribution in [3.05, 3.63) is 24.0 Å². The molecule has 0 aliphatic rings. The summed E-state index contributed by atoms with van der Waals surface area (Å²) in [5, 5.41) is 2.90. The number of hydrogen-bond acceptors (Lipinski definition) is 4. The van der Waals surface area contributed by atoms with E-state index in [-0.39, 0.29) is 11.8 Å². The summed E-state index contributed by atoms with van der Waals surface area (Å²) in [5.74, 6) is -0.0244. The van der Waals surface area contributed by atoms with Crippen molar-refractivity contribution in [2.24, 2.45) is 0 Å². The molecular weight excluding hydrogens is 225 g/mol. The van der Waals surface area contributed by atoms with Crippen molar-refractivity contribution in [3.8, 4) is 5.75 Å². The average molecular weight is 241 g/mol. The van der Waals surface area contributed by atoms with Gasteiger partial charge >= 0.3 is 5.97 Å². The van der Waals surface area contributed by atoms with Crippen molar-refractivity contribution in [1.82, 2.24) is 0 Å². The van der Waals surface area contributed by atoms with Crippen molar-refractivity contribution in [2.45, 2.75) is 12.8 Å². The minimum absolute atomic E-state index is 0.266. The van der Waals surface area contributed by atoms with Crippen LogP contribution in [0.1, 0.15) is 12.8 Å². The van der Waals surface area contributed by atoms with Gasteiger partial charge < -0.3 is 14.8 Å². The summed E-state index contributed by atoms with van der Waals surface area (Å²) < 4.78 is 22.8. The zero-order valence-electron chi connectivity index (χ0n) is 9.96. The van der Waals surface area contributed by atoms with Gasteiger partial charge in [0, 0.05) is 19.0 Å². The monoisotopic (exact) mass is 241 g/mol. The third-order valence-corrected chi connectivity index (χ3v) is 2.27. The van der Waals surface area contributed by atoms with Crippen molar-refractivity contribution in [2.75, 3.05) is 26.1 Å². The standard InChI is InChI=1S/C12H16FNO3/c1-16-9-5-6-10(13)11(8-9)14-7-3-4-12(15)17-2/h5-6,8,14H,3-4,7H2,1-2H3. The van der Waals surface area contributed by atoms with Gasteiger partial charge in [-0.2, -0.15) is 0 Å². The highest BCUT2D eigenvalue weighted by atomic mass is 19.1. The Balaban J connectivity index is 2.43. The number of anilines is 1. The molecule has 0 amide bonds. The molecule has 0 atom stereocenters. The average Bonchev–Trinajstić information content (AvgIpc) is 2.36. The molecule has 0 aromatic heterocycles. The number of benzene rings is 1. The van der Waals surface area contributed by atoms with E-state index in [1.165, 1.54) is 20.3 Å². The number of ether oxygens (including phenoxy) is 2. The third-order valence-electron chi connectivity index (χ3n) is 2.27. The first-order chi connectivity index (χ1) is 8.17. The summed E-state index contributed by atoms with van der Waals surface area (Å²) >= 11 is 0. The first-order valence-electron chi connectivity index (χ1n) is 5.31. The third kappa shape index (κ3) is 4.30. The molecule has 1 aromatic rings. The fourth-order valence-corrected chi connectivity index (χ4v) is 1.32. The number of carbonyl (C=O) groups excluding carboxylic acids is 1. The van der Waals surface area contributed by atoms with Crippen LogP contribution in [-0.2, 0) is 9.53 Å². The highest BCUT2D eigenvalue weighted by Gasteiger charge is 2.04. The van der Waals surface area contributed by atoms with Gasteiger partial charge in [0.25, 0.3) is 0 Å². The van der Waals surface area contributed by atoms with Crippen LogP contribution in [0, 0.1) is 5.82 Å². The van der Waals surface area contributed by atoms with E-state index >= 15 is 0 Å². The summed E-state index contributed by atoms with van der Waals surface area (Å²) in [7, 11) is 2.87. The van der Waals surface area contributed by atoms with Crippen LogP contribution in [0.4, 0.5) is 10.1 Å². The molecule has 0 bridgehead atoms. The van der Waals surface area contributed by atoms with E-state index in [1.54, 1.807) is 12.1 Å². The Bertz CT molecular complexity index is 382. The van der Waals surface area contributed by atoms with Crippen LogP contribution in [-0.4, -0.2) is 26.7 Å². The summed E-state index contributed by atoms with van der Waals surface area (Å²) in [4.78, 5) is 10.8. The second kappa shape index (κ2) is 6.73. The minimum Gasteiger partial charge on any atom is -0.497 e. The van der Waals surface area contributed by atoms with Gasteiger partial charge in [0.15, 0.2) is 0 Å². The van der Waals surface area contributed by atoms with Gasteiger partial charge in [-0.1, -0.05) is 0 Å². The van der Waals surface area contributed by atoms with Gasteiger partial charge in [-0.15, -0.1) is 0 Å². The summed E-state index contributed by atoms with van der Waals surface area (Å²) in [5.41, 5.74) is 0.370. The smallest absolute Gasteiger partial charge is 0.305 e. The van der Waals surface area contributed by atoms with Gasteiger partial charge in [0.1, 0.15) is 11.6 Å². The SMILES string of the molecule is COC(=O)CCCNc1cc(OC)ccc1F. The molecule has 1 aromatic carbocycles. The molecule has 0 saturated carbocycles. The van der Waals surface area contributed by atoms with Gasteiger partial charge in [0.05, 0.1) is 19.9 Å². The molecule has 4 nitrogen and oxygen atoms in total. The molecule has 94 valence electrons. The number of esters is 1. The molecule has 0 unspecified atom stereocenters. The van der Waals surface area contributed by atoms with Crippen LogP contribution in [0.15, 0.2) is 18.2 Å². The Morgan fingerprint density at radius 2 is 2.18 bits per heavy atom. The molecular formula is C12H16FNO3. The van der Waals surface area contributed by atoms with E-state index in [0.717, 1.165) is 0 Å². The lowest BCUT2D eigenvalue weighted by molar-refractivity contribution is -0.140. The lowest BCUT2D eigenvalue weighted by atomic mass is 10.2. The number of hydrogen-bond donors (Lipinski definition) is 1. The van der Waals surface area contributed by atoms with E-state index in [0.29, 0.717) is 30.8 Å². The van der Waals surface area contributed by atoms with E-state index < -0.39 is 0 Å². The van der Waals surface area contributed by atoms with Crippen LogP contribution >= 0.6 is 0 Å². The summed E-state index contributed by atoms with van der Waals surface area (Å²) in [6, 6.07) is 4.46. The van der Waals surface area contributed by atoms with Gasteiger partial charge in [-0.05, 0) is 18.6 Å². The van der Waals surface area contributed by atoms with Crippen LogP contribution in [0.25, 0.3) is 0 Å². The summed E-state index contributed by atoms with van der Waals surface area (Å²) in [6.45, 7) is 0.499. The number of rotatable bonds is 6. The highest BCUT2D eigenvalue weighted by molar-refractivity contribution is 5.69. The fraction of sp³-hybridized carbons (Fsp3) is 0.417. The molecule has 0 heterocycles. The van der Waals surface area contributed by atoms with Gasteiger partial charge in [-0.25, -0.2) is 4.39 Å². The maximum atomic E-state index is 13.3. The quantitative estimate of drug-likeness (QED) is 0.612. The predicted molar refractivity (Wildman–Crippen MR) is 62.7 cm³/mol. The minimum atomic E-state index is -0.344. The van der Waals surface area contributed by atoms with E-state index in [4.69, 9.17) is 4.74 Å². The molecule has 5 heteroatoms. The van der Waals surface area contributed by atoms with Crippen molar-refractivity contribution < 1.29 is 18.7 Å². The maximum absolute atomic E-state index is 13.3. The van der Waals surface area contributed by atoms with Crippen molar-refractivity contribution in [3.63, 3.8) is 0 Å². The second-order valence-corrected chi connectivity index (χ2v) is 3.45. The topological polar surface area (TPSA) is 47.6 Å². The van der Waals surface area contributed by atoms with Crippen LogP contribution in [0.5, 0.6) is 5.75 Å². The van der Waals surface area contributed by atoms with Crippen LogP contribution in [0.3, 0.4) is 0 Å². The normalized spacial score (nSPS) is 9.82. The Kier molecular flexibility index (Phi) is 5.26. The second-order valence-electron chi connectivity index (χ2n) is 3.45. The molecule has 17 heavy (non-hydrogen) atoms. The highest BCUT2D eigenvalue weighted by Crippen LogP contribution is 2.20. The lowest BCUT2D eigenvalue weighted by Crippen LogP contribution is -2.07. The Morgan fingerprint density at radius 3 is 2.82 bits per heavy atom. The molecule has 0 radical (unpaired) electrons. The molecule has 1 rings (SSSR count). The largest absolute Gasteiger partial charge is 0.497 e. The summed E-state index contributed by atoms with van der Waals surface area (Å²) in [6.07, 6.45) is 0.901. The Hall–Kier alpha value is -1.78. The molecule has 0 spiro atoms. The molecule has 0 fully saturated rings. The zero-order chi connectivity index (χ0) is 12.7. The van der Waals surface area contributed by atoms with Crippen LogP contribution < -0.4 is 10.1 Å². The van der Waals surface area contributed by atoms with E-state index in [2.05, 4.69) is 10.1 Å². The number of nitrogens with one attached hydrogen (secondary N) is 1. The molecule has 0 aliphatic carbocycles. The van der Waals surface area contributed by atoms with E-state index in [9.17, 15) is 9.18 Å². The zero-order valence-corrected chi connectivity index (χ0v) is 9.96. The van der Waals surface area contributed by atoms with E-state index in [1.807, 2.05) is 0 Å². The Labute approximate surface area is 99.7 Å². The van der Waals surface area contributed by atoms with Crippen LogP contribution in [0.2, 0.25) is 0 Å². The first kappa shape index (κ1) is 13.3. The Morgan fingerprint density at radius 1 is 1.41 bits per heavy atom. The van der Waals surface area contributed by atoms with Crippen molar-refractivity contribution in [1.29, 1.82) is 0 Å². The molecule has 0 aliphatic heterocycles. The fourth-order valence-electron chi connectivity index (χ4n) is 1.32. The first-order valence-corrected chi connectivity index (χ1v) is 5.31. The van der Waals surface area contributed by atoms with Crippen molar-refractivity contribution >= 4 is 11.7 Å². The number of carbonyl (C=O) groups is 1. The predicted octanol–water partition coefficient (Wildman–Crippen LogP) is 2.20. The van der Waals surface area contributed by atoms with Gasteiger partial charge in [0.2, 0.25) is 0 Å². The molecule has 0 saturated heterocycles.